The van der Waals surface area contributed by atoms with E-state index in [1.165, 1.54) is 5.56 Å². The number of H-pyrrole nitrogens is 1. The highest BCUT2D eigenvalue weighted by atomic mass is 16.5. The minimum atomic E-state index is -0.601. The molecule has 0 saturated heterocycles. The molecule has 1 amide bonds. The number of nitrogens with one attached hydrogen (secondary N) is 2. The number of aromatic nitrogens is 2. The number of aryl methyl sites for hydroxylation is 1. The summed E-state index contributed by atoms with van der Waals surface area (Å²) in [5.74, 6) is -1.02. The van der Waals surface area contributed by atoms with Crippen LogP contribution in [0.25, 0.3) is 10.8 Å². The first kappa shape index (κ1) is 18.3. The molecule has 1 heterocycles. The third-order valence-corrected chi connectivity index (χ3v) is 4.10. The van der Waals surface area contributed by atoms with Gasteiger partial charge in [-0.05, 0) is 30.2 Å². The predicted octanol–water partition coefficient (Wildman–Crippen LogP) is 2.21. The lowest BCUT2D eigenvalue weighted by Crippen LogP contribution is -2.22. The van der Waals surface area contributed by atoms with Crippen molar-refractivity contribution in [1.82, 2.24) is 10.2 Å². The number of aromatic amines is 1. The summed E-state index contributed by atoms with van der Waals surface area (Å²) in [6.07, 6.45) is 0.773. The van der Waals surface area contributed by atoms with Crippen molar-refractivity contribution in [3.63, 3.8) is 0 Å². The molecular formula is C20H19N3O4. The number of rotatable bonds is 6. The molecule has 0 radical (unpaired) electrons. The van der Waals surface area contributed by atoms with E-state index in [1.807, 2.05) is 19.1 Å². The number of ether oxygens (including phenoxy) is 1. The molecule has 0 fully saturated rings. The van der Waals surface area contributed by atoms with Crippen LogP contribution in [0.1, 0.15) is 18.2 Å². The van der Waals surface area contributed by atoms with Gasteiger partial charge in [0.15, 0.2) is 6.61 Å². The Morgan fingerprint density at radius 3 is 2.48 bits per heavy atom. The van der Waals surface area contributed by atoms with E-state index >= 15 is 0 Å². The molecule has 7 heteroatoms. The zero-order valence-corrected chi connectivity index (χ0v) is 14.8. The van der Waals surface area contributed by atoms with Gasteiger partial charge in [0.2, 0.25) is 0 Å². The van der Waals surface area contributed by atoms with E-state index in [9.17, 15) is 14.4 Å². The fraction of sp³-hybridized carbons (Fsp3) is 0.200. The van der Waals surface area contributed by atoms with Crippen molar-refractivity contribution in [3.05, 3.63) is 70.1 Å². The molecule has 7 nitrogen and oxygen atoms in total. The molecular weight excluding hydrogens is 346 g/mol. The molecule has 3 aromatic rings. The van der Waals surface area contributed by atoms with E-state index < -0.39 is 18.5 Å². The topological polar surface area (TPSA) is 101 Å². The Hall–Kier alpha value is -3.48. The number of amides is 1. The maximum absolute atomic E-state index is 12.0. The third kappa shape index (κ3) is 4.58. The van der Waals surface area contributed by atoms with Gasteiger partial charge in [0.1, 0.15) is 0 Å². The molecule has 0 unspecified atom stereocenters. The van der Waals surface area contributed by atoms with Gasteiger partial charge >= 0.3 is 5.97 Å². The van der Waals surface area contributed by atoms with Crippen molar-refractivity contribution < 1.29 is 14.3 Å². The molecule has 2 N–H and O–H groups in total. The maximum Gasteiger partial charge on any atom is 0.312 e. The van der Waals surface area contributed by atoms with Gasteiger partial charge in [0.05, 0.1) is 17.5 Å². The molecule has 0 aliphatic carbocycles. The van der Waals surface area contributed by atoms with Crippen molar-refractivity contribution in [1.29, 1.82) is 0 Å². The molecule has 3 rings (SSSR count). The summed E-state index contributed by atoms with van der Waals surface area (Å²) in [4.78, 5) is 35.7. The Balaban J connectivity index is 1.57. The van der Waals surface area contributed by atoms with Gasteiger partial charge in [-0.15, -0.1) is 0 Å². The van der Waals surface area contributed by atoms with Crippen LogP contribution in [0, 0.1) is 0 Å². The minimum Gasteiger partial charge on any atom is -0.455 e. The monoisotopic (exact) mass is 365 g/mol. The molecule has 0 saturated carbocycles. The van der Waals surface area contributed by atoms with E-state index in [-0.39, 0.29) is 12.0 Å². The molecule has 2 aromatic carbocycles. The fourth-order valence-corrected chi connectivity index (χ4v) is 2.66. The van der Waals surface area contributed by atoms with Crippen LogP contribution in [0.3, 0.4) is 0 Å². The maximum atomic E-state index is 12.0. The first-order valence-corrected chi connectivity index (χ1v) is 8.57. The van der Waals surface area contributed by atoms with Crippen molar-refractivity contribution in [3.8, 4) is 0 Å². The number of esters is 1. The SMILES string of the molecule is CCc1ccc(NC(=O)COC(=O)Cc2n[nH]c(=O)c3ccccc23)cc1. The van der Waals surface area contributed by atoms with E-state index in [2.05, 4.69) is 15.5 Å². The van der Waals surface area contributed by atoms with Crippen molar-refractivity contribution in [2.24, 2.45) is 0 Å². The van der Waals surface area contributed by atoms with Gasteiger partial charge in [0, 0.05) is 11.1 Å². The van der Waals surface area contributed by atoms with Crippen molar-refractivity contribution >= 4 is 28.3 Å². The number of carbonyl (C=O) groups excluding carboxylic acids is 2. The predicted molar refractivity (Wildman–Crippen MR) is 101 cm³/mol. The Labute approximate surface area is 155 Å². The lowest BCUT2D eigenvalue weighted by molar-refractivity contribution is -0.146. The average Bonchev–Trinajstić information content (AvgIpc) is 2.69. The first-order valence-electron chi connectivity index (χ1n) is 8.57. The van der Waals surface area contributed by atoms with Gasteiger partial charge in [-0.2, -0.15) is 5.10 Å². The zero-order chi connectivity index (χ0) is 19.2. The van der Waals surface area contributed by atoms with Crippen molar-refractivity contribution in [2.45, 2.75) is 19.8 Å². The third-order valence-electron chi connectivity index (χ3n) is 4.10. The number of anilines is 1. The van der Waals surface area contributed by atoms with Gasteiger partial charge < -0.3 is 10.1 Å². The number of hydrogen-bond acceptors (Lipinski definition) is 5. The summed E-state index contributed by atoms with van der Waals surface area (Å²) >= 11 is 0. The Morgan fingerprint density at radius 1 is 1.07 bits per heavy atom. The lowest BCUT2D eigenvalue weighted by atomic mass is 10.1. The van der Waals surface area contributed by atoms with E-state index in [4.69, 9.17) is 4.74 Å². The van der Waals surface area contributed by atoms with Crippen LogP contribution in [0.2, 0.25) is 0 Å². The Bertz CT molecular complexity index is 1030. The zero-order valence-electron chi connectivity index (χ0n) is 14.8. The number of carbonyl (C=O) groups is 2. The van der Waals surface area contributed by atoms with Gasteiger partial charge in [-0.3, -0.25) is 14.4 Å². The van der Waals surface area contributed by atoms with Crippen LogP contribution in [-0.4, -0.2) is 28.7 Å². The number of benzene rings is 2. The highest BCUT2D eigenvalue weighted by molar-refractivity contribution is 5.93. The van der Waals surface area contributed by atoms with E-state index in [0.29, 0.717) is 22.2 Å². The van der Waals surface area contributed by atoms with Crippen LogP contribution in [0.5, 0.6) is 0 Å². The summed E-state index contributed by atoms with van der Waals surface area (Å²) in [6.45, 7) is 1.66. The van der Waals surface area contributed by atoms with Gasteiger partial charge in [0.25, 0.3) is 11.5 Å². The number of hydrogen-bond donors (Lipinski definition) is 2. The standard InChI is InChI=1S/C20H19N3O4/c1-2-13-7-9-14(10-8-13)21-18(24)12-27-19(25)11-17-15-5-3-4-6-16(15)20(26)23-22-17/h3-10H,2,11-12H2,1H3,(H,21,24)(H,23,26). The molecule has 0 aliphatic rings. The lowest BCUT2D eigenvalue weighted by Gasteiger charge is -2.08. The summed E-state index contributed by atoms with van der Waals surface area (Å²) in [7, 11) is 0. The molecule has 27 heavy (non-hydrogen) atoms. The minimum absolute atomic E-state index is 0.143. The van der Waals surface area contributed by atoms with Crippen LogP contribution < -0.4 is 10.9 Å². The van der Waals surface area contributed by atoms with E-state index in [1.54, 1.807) is 36.4 Å². The first-order chi connectivity index (χ1) is 13.1. The van der Waals surface area contributed by atoms with Crippen LogP contribution in [0.4, 0.5) is 5.69 Å². The second-order valence-electron chi connectivity index (χ2n) is 5.98. The molecule has 1 aromatic heterocycles. The quantitative estimate of drug-likeness (QED) is 0.652. The summed E-state index contributed by atoms with van der Waals surface area (Å²) in [6, 6.07) is 14.3. The van der Waals surface area contributed by atoms with Gasteiger partial charge in [-0.25, -0.2) is 5.10 Å². The molecule has 0 bridgehead atoms. The Morgan fingerprint density at radius 2 is 1.78 bits per heavy atom. The summed E-state index contributed by atoms with van der Waals surface area (Å²) < 4.78 is 5.02. The Kier molecular flexibility index (Phi) is 5.61. The molecule has 0 aliphatic heterocycles. The van der Waals surface area contributed by atoms with Gasteiger partial charge in [-0.1, -0.05) is 37.3 Å². The largest absolute Gasteiger partial charge is 0.455 e. The number of fused-ring (bicyclic) bond motifs is 1. The molecule has 0 spiro atoms. The second kappa shape index (κ2) is 8.27. The highest BCUT2D eigenvalue weighted by Crippen LogP contribution is 2.13. The van der Waals surface area contributed by atoms with Crippen molar-refractivity contribution in [2.75, 3.05) is 11.9 Å². The van der Waals surface area contributed by atoms with Crippen LogP contribution in [-0.2, 0) is 27.2 Å². The highest BCUT2D eigenvalue weighted by Gasteiger charge is 2.13. The average molecular weight is 365 g/mol. The number of nitrogens with zero attached hydrogens (tertiary/aromatic N) is 1. The second-order valence-corrected chi connectivity index (χ2v) is 5.98. The van der Waals surface area contributed by atoms with Crippen LogP contribution in [0.15, 0.2) is 53.3 Å². The smallest absolute Gasteiger partial charge is 0.312 e. The molecule has 0 atom stereocenters. The summed E-state index contributed by atoms with van der Waals surface area (Å²) in [5, 5.41) is 9.98. The van der Waals surface area contributed by atoms with E-state index in [0.717, 1.165) is 6.42 Å². The fourth-order valence-electron chi connectivity index (χ4n) is 2.66. The normalized spacial score (nSPS) is 10.6. The summed E-state index contributed by atoms with van der Waals surface area (Å²) in [5.41, 5.74) is 1.88. The van der Waals surface area contributed by atoms with Crippen LogP contribution >= 0.6 is 0 Å². The molecule has 138 valence electrons.